The molecule has 1 nitrogen and oxygen atoms in total. The van der Waals surface area contributed by atoms with Gasteiger partial charge in [-0.05, 0) is 87.4 Å². The van der Waals surface area contributed by atoms with Gasteiger partial charge >= 0.3 is 0 Å². The Hall–Kier alpha value is 0.740. The molecule has 2 rings (SSSR count). The topological polar surface area (TPSA) is 3.24 Å². The van der Waals surface area contributed by atoms with Crippen LogP contribution < -0.4 is 0 Å². The molecule has 0 aromatic rings. The summed E-state index contributed by atoms with van der Waals surface area (Å²) >= 11 is 2.22. The zero-order valence-corrected chi connectivity index (χ0v) is 19.6. The Kier molecular flexibility index (Phi) is 9.10. The highest BCUT2D eigenvalue weighted by molar-refractivity contribution is 8.00. The van der Waals surface area contributed by atoms with Crippen LogP contribution in [-0.2, 0) is 0 Å². The van der Waals surface area contributed by atoms with Gasteiger partial charge in [0.15, 0.2) is 0 Å². The molecule has 1 aliphatic carbocycles. The van der Waals surface area contributed by atoms with Gasteiger partial charge in [0.1, 0.15) is 0 Å². The van der Waals surface area contributed by atoms with Gasteiger partial charge in [0, 0.05) is 17.0 Å². The third-order valence-electron chi connectivity index (χ3n) is 7.12. The van der Waals surface area contributed by atoms with E-state index in [-0.39, 0.29) is 0 Å². The molecule has 148 valence electrons. The van der Waals surface area contributed by atoms with Gasteiger partial charge < -0.3 is 4.90 Å². The lowest BCUT2D eigenvalue weighted by molar-refractivity contribution is 0.121. The smallest absolute Gasteiger partial charge is 0.0133 e. The Balaban J connectivity index is 1.69. The molecule has 0 N–H and O–H groups in total. The van der Waals surface area contributed by atoms with Crippen molar-refractivity contribution in [3.05, 3.63) is 0 Å². The summed E-state index contributed by atoms with van der Waals surface area (Å²) in [7, 11) is 3.02. The van der Waals surface area contributed by atoms with E-state index in [0.717, 1.165) is 29.3 Å². The Morgan fingerprint density at radius 3 is 2.16 bits per heavy atom. The van der Waals surface area contributed by atoms with Gasteiger partial charge in [-0.1, -0.05) is 34.6 Å². The maximum Gasteiger partial charge on any atom is 0.0133 e. The maximum absolute atomic E-state index is 3.02. The lowest BCUT2D eigenvalue weighted by Crippen LogP contribution is -2.43. The minimum atomic E-state index is 0.450. The molecule has 0 radical (unpaired) electrons. The van der Waals surface area contributed by atoms with E-state index in [1.165, 1.54) is 70.3 Å². The van der Waals surface area contributed by atoms with Crippen LogP contribution in [0.2, 0.25) is 0 Å². The second-order valence-corrected chi connectivity index (χ2v) is 12.3. The molecule has 3 heteroatoms. The minimum absolute atomic E-state index is 0.450. The zero-order chi connectivity index (χ0) is 18.4. The third kappa shape index (κ3) is 7.00. The first-order valence-corrected chi connectivity index (χ1v) is 12.6. The van der Waals surface area contributed by atoms with E-state index in [1.807, 2.05) is 0 Å². The average molecular weight is 386 g/mol. The van der Waals surface area contributed by atoms with E-state index >= 15 is 0 Å². The van der Waals surface area contributed by atoms with Gasteiger partial charge in [-0.25, -0.2) is 0 Å². The average Bonchev–Trinajstić information content (AvgIpc) is 2.60. The van der Waals surface area contributed by atoms with Crippen LogP contribution in [0, 0.1) is 23.7 Å². The number of hydrogen-bond donors (Lipinski definition) is 0. The van der Waals surface area contributed by atoms with Gasteiger partial charge in [-0.2, -0.15) is 11.8 Å². The molecule has 1 saturated heterocycles. The Morgan fingerprint density at radius 1 is 1.04 bits per heavy atom. The first kappa shape index (κ1) is 22.0. The van der Waals surface area contributed by atoms with E-state index in [1.54, 1.807) is 0 Å². The molecule has 0 bridgehead atoms. The van der Waals surface area contributed by atoms with E-state index in [2.05, 4.69) is 60.5 Å². The fourth-order valence-electron chi connectivity index (χ4n) is 4.77. The molecule has 0 aromatic heterocycles. The number of likely N-dealkylation sites (tertiary alicyclic amines) is 1. The lowest BCUT2D eigenvalue weighted by Gasteiger charge is -2.42. The fourth-order valence-corrected chi connectivity index (χ4v) is 6.41. The summed E-state index contributed by atoms with van der Waals surface area (Å²) in [6, 6.07) is 0. The molecule has 2 atom stereocenters. The summed E-state index contributed by atoms with van der Waals surface area (Å²) in [5.41, 5.74) is 0.783. The van der Waals surface area contributed by atoms with Crippen LogP contribution in [0.15, 0.2) is 0 Å². The van der Waals surface area contributed by atoms with Gasteiger partial charge in [-0.15, -0.1) is 9.24 Å². The number of nitrogens with zero attached hydrogens (tertiary/aromatic N) is 1. The minimum Gasteiger partial charge on any atom is -0.303 e. The predicted octanol–water partition coefficient (Wildman–Crippen LogP) is 6.33. The van der Waals surface area contributed by atoms with Crippen LogP contribution in [0.3, 0.4) is 0 Å². The van der Waals surface area contributed by atoms with Crippen LogP contribution in [0.4, 0.5) is 0 Å². The summed E-state index contributed by atoms with van der Waals surface area (Å²) in [4.78, 5) is 2.79. The highest BCUT2D eigenvalue weighted by Gasteiger charge is 2.34. The normalized spacial score (nSPS) is 28.4. The molecule has 1 saturated carbocycles. The maximum atomic E-state index is 3.02. The predicted molar refractivity (Wildman–Crippen MR) is 120 cm³/mol. The van der Waals surface area contributed by atoms with Crippen molar-refractivity contribution < 1.29 is 0 Å². The largest absolute Gasteiger partial charge is 0.303 e. The van der Waals surface area contributed by atoms with Crippen molar-refractivity contribution in [1.29, 1.82) is 0 Å². The van der Waals surface area contributed by atoms with Crippen LogP contribution >= 0.6 is 21.0 Å². The van der Waals surface area contributed by atoms with Crippen molar-refractivity contribution in [2.75, 3.05) is 25.4 Å². The molecule has 25 heavy (non-hydrogen) atoms. The van der Waals surface area contributed by atoms with Gasteiger partial charge in [0.25, 0.3) is 0 Å². The van der Waals surface area contributed by atoms with Gasteiger partial charge in [0.2, 0.25) is 0 Å². The van der Waals surface area contributed by atoms with Crippen molar-refractivity contribution in [3.8, 4) is 0 Å². The second-order valence-electron chi connectivity index (χ2n) is 9.68. The number of rotatable bonds is 8. The van der Waals surface area contributed by atoms with E-state index in [0.29, 0.717) is 4.75 Å². The summed E-state index contributed by atoms with van der Waals surface area (Å²) in [6.07, 6.45) is 10.0. The van der Waals surface area contributed by atoms with Crippen molar-refractivity contribution in [1.82, 2.24) is 4.90 Å². The van der Waals surface area contributed by atoms with Crippen LogP contribution in [0.25, 0.3) is 0 Å². The number of hydrogen-bond acceptors (Lipinski definition) is 2. The van der Waals surface area contributed by atoms with Gasteiger partial charge in [-0.3, -0.25) is 0 Å². The van der Waals surface area contributed by atoms with Crippen LogP contribution in [0.1, 0.15) is 79.6 Å². The molecule has 2 aliphatic rings. The quantitative estimate of drug-likeness (QED) is 0.449. The third-order valence-corrected chi connectivity index (χ3v) is 9.84. The molecule has 2 fully saturated rings. The van der Waals surface area contributed by atoms with Gasteiger partial charge in [0.05, 0.1) is 0 Å². The molecular formula is C22H44NPS. The molecule has 0 amide bonds. The van der Waals surface area contributed by atoms with Crippen molar-refractivity contribution in [3.63, 3.8) is 0 Å². The van der Waals surface area contributed by atoms with E-state index < -0.39 is 0 Å². The zero-order valence-electron chi connectivity index (χ0n) is 17.6. The van der Waals surface area contributed by atoms with E-state index in [4.69, 9.17) is 0 Å². The van der Waals surface area contributed by atoms with Crippen LogP contribution in [0.5, 0.6) is 0 Å². The van der Waals surface area contributed by atoms with Crippen molar-refractivity contribution in [2.45, 2.75) is 90.0 Å². The summed E-state index contributed by atoms with van der Waals surface area (Å²) in [5.74, 6) is 5.08. The summed E-state index contributed by atoms with van der Waals surface area (Å²) < 4.78 is 0.450. The Labute approximate surface area is 165 Å². The summed E-state index contributed by atoms with van der Waals surface area (Å²) in [6.45, 7) is 16.2. The number of thioether (sulfide) groups is 1. The molecule has 1 heterocycles. The molecule has 2 unspecified atom stereocenters. The molecular weight excluding hydrogens is 341 g/mol. The monoisotopic (exact) mass is 385 g/mol. The first-order valence-electron chi connectivity index (χ1n) is 10.9. The molecule has 0 aromatic carbocycles. The SMILES string of the molecule is CCC(P)CSC(C)(C)C1CCN(CC2CCC(C(C)C)CC2)CC1. The van der Waals surface area contributed by atoms with E-state index in [9.17, 15) is 0 Å². The second kappa shape index (κ2) is 10.3. The Morgan fingerprint density at radius 2 is 1.64 bits per heavy atom. The molecule has 1 aliphatic heterocycles. The molecule has 0 spiro atoms. The Bertz CT molecular complexity index is 368. The fraction of sp³-hybridized carbons (Fsp3) is 1.00. The highest BCUT2D eigenvalue weighted by atomic mass is 32.2. The lowest BCUT2D eigenvalue weighted by atomic mass is 9.76. The summed E-state index contributed by atoms with van der Waals surface area (Å²) in [5, 5.41) is 0. The number of piperidine rings is 1. The van der Waals surface area contributed by atoms with Crippen LogP contribution in [-0.4, -0.2) is 40.7 Å². The van der Waals surface area contributed by atoms with Crippen molar-refractivity contribution in [2.24, 2.45) is 23.7 Å². The highest BCUT2D eigenvalue weighted by Crippen LogP contribution is 2.40. The first-order chi connectivity index (χ1) is 11.8. The standard InChI is InChI=1S/C22H44NPS/c1-6-21(24)16-25-22(4,5)20-11-13-23(14-12-20)15-18-7-9-19(10-8-18)17(2)3/h17-21H,6-16,24H2,1-5H3. The van der Waals surface area contributed by atoms with Crippen molar-refractivity contribution >= 4 is 21.0 Å².